The smallest absolute Gasteiger partial charge is 0.273 e. The van der Waals surface area contributed by atoms with Crippen LogP contribution in [0.5, 0.6) is 0 Å². The van der Waals surface area contributed by atoms with Crippen molar-refractivity contribution in [3.05, 3.63) is 57.5 Å². The van der Waals surface area contributed by atoms with Gasteiger partial charge in [0, 0.05) is 11.1 Å². The molecule has 0 spiro atoms. The highest BCUT2D eigenvalue weighted by Crippen LogP contribution is 2.21. The number of carbonyl (C=O) groups is 1. The molecule has 1 amide bonds. The molecule has 6 heteroatoms. The summed E-state index contributed by atoms with van der Waals surface area (Å²) in [7, 11) is 0. The predicted octanol–water partition coefficient (Wildman–Crippen LogP) is 2.98. The summed E-state index contributed by atoms with van der Waals surface area (Å²) in [6, 6.07) is 9.44. The van der Waals surface area contributed by atoms with E-state index in [-0.39, 0.29) is 11.6 Å². The van der Waals surface area contributed by atoms with Gasteiger partial charge in [-0.1, -0.05) is 23.7 Å². The Morgan fingerprint density at radius 2 is 2.26 bits per heavy atom. The van der Waals surface area contributed by atoms with Crippen molar-refractivity contribution in [1.82, 2.24) is 14.9 Å². The average Bonchev–Trinajstić information content (AvgIpc) is 3.05. The van der Waals surface area contributed by atoms with Crippen molar-refractivity contribution in [2.45, 2.75) is 6.54 Å². The van der Waals surface area contributed by atoms with Crippen molar-refractivity contribution in [3.8, 4) is 0 Å². The quantitative estimate of drug-likeness (QED) is 0.806. The standard InChI is InChI=1S/C13H10ClN3OS/c14-11-10-5-1-2-6-17(10)16-12(11)13(18)15-8-9-4-3-7-19-9/h1-7H,8H2,(H,15,18). The Labute approximate surface area is 118 Å². The Kier molecular flexibility index (Phi) is 3.23. The molecule has 0 aliphatic rings. The van der Waals surface area contributed by atoms with Crippen LogP contribution in [-0.4, -0.2) is 15.5 Å². The van der Waals surface area contributed by atoms with E-state index in [1.165, 1.54) is 0 Å². The topological polar surface area (TPSA) is 46.4 Å². The average molecular weight is 292 g/mol. The zero-order chi connectivity index (χ0) is 13.2. The SMILES string of the molecule is O=C(NCc1cccs1)c1nn2ccccc2c1Cl. The highest BCUT2D eigenvalue weighted by molar-refractivity contribution is 7.09. The first-order chi connectivity index (χ1) is 9.25. The van der Waals surface area contributed by atoms with Gasteiger partial charge in [0.2, 0.25) is 0 Å². The number of nitrogens with one attached hydrogen (secondary N) is 1. The molecule has 0 atom stereocenters. The molecule has 3 aromatic heterocycles. The van der Waals surface area contributed by atoms with E-state index in [0.29, 0.717) is 11.6 Å². The summed E-state index contributed by atoms with van der Waals surface area (Å²) in [5, 5.41) is 9.35. The summed E-state index contributed by atoms with van der Waals surface area (Å²) in [5.41, 5.74) is 0.981. The summed E-state index contributed by atoms with van der Waals surface area (Å²) in [5.74, 6) is -0.262. The van der Waals surface area contributed by atoms with Gasteiger partial charge in [0.25, 0.3) is 5.91 Å². The summed E-state index contributed by atoms with van der Waals surface area (Å²) in [6.45, 7) is 0.487. The number of rotatable bonds is 3. The molecule has 1 N–H and O–H groups in total. The van der Waals surface area contributed by atoms with Crippen molar-refractivity contribution in [2.75, 3.05) is 0 Å². The van der Waals surface area contributed by atoms with Crippen LogP contribution in [0.1, 0.15) is 15.4 Å². The lowest BCUT2D eigenvalue weighted by Crippen LogP contribution is -2.23. The minimum atomic E-state index is -0.262. The molecule has 3 aromatic rings. The molecule has 0 unspecified atom stereocenters. The van der Waals surface area contributed by atoms with Crippen molar-refractivity contribution >= 4 is 34.4 Å². The Morgan fingerprint density at radius 1 is 1.37 bits per heavy atom. The molecule has 0 saturated heterocycles. The number of hydrogen-bond donors (Lipinski definition) is 1. The van der Waals surface area contributed by atoms with Gasteiger partial charge in [0.15, 0.2) is 5.69 Å². The Bertz CT molecular complexity index is 721. The molecule has 0 saturated carbocycles. The van der Waals surface area contributed by atoms with Crippen LogP contribution < -0.4 is 5.32 Å². The van der Waals surface area contributed by atoms with Crippen LogP contribution in [0.4, 0.5) is 0 Å². The van der Waals surface area contributed by atoms with Gasteiger partial charge in [-0.05, 0) is 23.6 Å². The first-order valence-corrected chi connectivity index (χ1v) is 6.95. The minimum Gasteiger partial charge on any atom is -0.346 e. The van der Waals surface area contributed by atoms with Crippen molar-refractivity contribution < 1.29 is 4.79 Å². The van der Waals surface area contributed by atoms with Gasteiger partial charge in [-0.25, -0.2) is 4.52 Å². The van der Waals surface area contributed by atoms with Gasteiger partial charge in [0.1, 0.15) is 0 Å². The number of aromatic nitrogens is 2. The molecule has 0 aliphatic heterocycles. The van der Waals surface area contributed by atoms with Crippen LogP contribution >= 0.6 is 22.9 Å². The maximum atomic E-state index is 12.1. The summed E-state index contributed by atoms with van der Waals surface area (Å²) < 4.78 is 1.60. The van der Waals surface area contributed by atoms with E-state index >= 15 is 0 Å². The van der Waals surface area contributed by atoms with Gasteiger partial charge in [-0.15, -0.1) is 11.3 Å². The number of amides is 1. The van der Waals surface area contributed by atoms with E-state index in [9.17, 15) is 4.79 Å². The fraction of sp³-hybridized carbons (Fsp3) is 0.0769. The largest absolute Gasteiger partial charge is 0.346 e. The van der Waals surface area contributed by atoms with E-state index in [4.69, 9.17) is 11.6 Å². The zero-order valence-corrected chi connectivity index (χ0v) is 11.4. The predicted molar refractivity (Wildman–Crippen MR) is 75.7 cm³/mol. The molecule has 0 bridgehead atoms. The first-order valence-electron chi connectivity index (χ1n) is 5.69. The second-order valence-corrected chi connectivity index (χ2v) is 5.37. The van der Waals surface area contributed by atoms with E-state index < -0.39 is 0 Å². The molecule has 0 aromatic carbocycles. The molecule has 3 rings (SSSR count). The molecule has 4 nitrogen and oxygen atoms in total. The minimum absolute atomic E-state index is 0.254. The monoisotopic (exact) mass is 291 g/mol. The lowest BCUT2D eigenvalue weighted by atomic mass is 10.3. The van der Waals surface area contributed by atoms with E-state index in [0.717, 1.165) is 10.4 Å². The number of pyridine rings is 1. The van der Waals surface area contributed by atoms with Crippen LogP contribution in [0.15, 0.2) is 41.9 Å². The van der Waals surface area contributed by atoms with Crippen molar-refractivity contribution in [2.24, 2.45) is 0 Å². The molecule has 0 aliphatic carbocycles. The van der Waals surface area contributed by atoms with E-state index in [1.807, 2.05) is 35.7 Å². The highest BCUT2D eigenvalue weighted by atomic mass is 35.5. The number of hydrogen-bond acceptors (Lipinski definition) is 3. The number of thiophene rings is 1. The summed E-state index contributed by atoms with van der Waals surface area (Å²) >= 11 is 7.77. The summed E-state index contributed by atoms with van der Waals surface area (Å²) in [4.78, 5) is 13.2. The fourth-order valence-corrected chi connectivity index (χ4v) is 2.70. The fourth-order valence-electron chi connectivity index (χ4n) is 1.78. The van der Waals surface area contributed by atoms with Gasteiger partial charge < -0.3 is 5.32 Å². The third-order valence-corrected chi connectivity index (χ3v) is 3.95. The van der Waals surface area contributed by atoms with Gasteiger partial charge >= 0.3 is 0 Å². The molecule has 0 radical (unpaired) electrons. The third kappa shape index (κ3) is 2.34. The lowest BCUT2D eigenvalue weighted by Gasteiger charge is -2.00. The van der Waals surface area contributed by atoms with Crippen molar-refractivity contribution in [3.63, 3.8) is 0 Å². The highest BCUT2D eigenvalue weighted by Gasteiger charge is 2.17. The lowest BCUT2D eigenvalue weighted by molar-refractivity contribution is 0.0946. The molecule has 19 heavy (non-hydrogen) atoms. The number of halogens is 1. The molecule has 96 valence electrons. The van der Waals surface area contributed by atoms with E-state index in [1.54, 1.807) is 22.0 Å². The number of carbonyl (C=O) groups excluding carboxylic acids is 1. The molecular formula is C13H10ClN3OS. The van der Waals surface area contributed by atoms with Crippen LogP contribution in [0.2, 0.25) is 5.02 Å². The number of fused-ring (bicyclic) bond motifs is 1. The van der Waals surface area contributed by atoms with Gasteiger partial charge in [-0.3, -0.25) is 4.79 Å². The second kappa shape index (κ2) is 5.03. The maximum Gasteiger partial charge on any atom is 0.273 e. The van der Waals surface area contributed by atoms with Crippen LogP contribution in [-0.2, 0) is 6.54 Å². The van der Waals surface area contributed by atoms with Gasteiger partial charge in [0.05, 0.1) is 17.1 Å². The molecular weight excluding hydrogens is 282 g/mol. The molecule has 0 fully saturated rings. The second-order valence-electron chi connectivity index (χ2n) is 3.96. The zero-order valence-electron chi connectivity index (χ0n) is 9.84. The normalized spacial score (nSPS) is 10.8. The first kappa shape index (κ1) is 12.2. The third-order valence-electron chi connectivity index (χ3n) is 2.70. The maximum absolute atomic E-state index is 12.1. The van der Waals surface area contributed by atoms with Crippen molar-refractivity contribution in [1.29, 1.82) is 0 Å². The Hall–Kier alpha value is -1.85. The Morgan fingerprint density at radius 3 is 3.00 bits per heavy atom. The number of nitrogens with zero attached hydrogens (tertiary/aromatic N) is 2. The summed E-state index contributed by atoms with van der Waals surface area (Å²) in [6.07, 6.45) is 1.76. The Balaban J connectivity index is 1.83. The van der Waals surface area contributed by atoms with Crippen LogP contribution in [0.3, 0.4) is 0 Å². The van der Waals surface area contributed by atoms with Crippen LogP contribution in [0, 0.1) is 0 Å². The van der Waals surface area contributed by atoms with E-state index in [2.05, 4.69) is 10.4 Å². The van der Waals surface area contributed by atoms with Crippen LogP contribution in [0.25, 0.3) is 5.52 Å². The molecule has 3 heterocycles. The van der Waals surface area contributed by atoms with Gasteiger partial charge in [-0.2, -0.15) is 5.10 Å².